The topological polar surface area (TPSA) is 99.0 Å². The second kappa shape index (κ2) is 6.28. The van der Waals surface area contributed by atoms with E-state index in [0.717, 1.165) is 11.3 Å². The molecule has 0 saturated carbocycles. The van der Waals surface area contributed by atoms with E-state index < -0.39 is 10.0 Å². The van der Waals surface area contributed by atoms with Crippen molar-refractivity contribution in [2.24, 2.45) is 0 Å². The molecule has 0 bridgehead atoms. The Balaban J connectivity index is 1.92. The Morgan fingerprint density at radius 2 is 1.96 bits per heavy atom. The van der Waals surface area contributed by atoms with E-state index in [0.29, 0.717) is 5.69 Å². The predicted molar refractivity (Wildman–Crippen MR) is 87.7 cm³/mol. The zero-order valence-electron chi connectivity index (χ0n) is 13.0. The van der Waals surface area contributed by atoms with Gasteiger partial charge in [0, 0.05) is 5.69 Å². The molecule has 2 aromatic carbocycles. The van der Waals surface area contributed by atoms with Crippen molar-refractivity contribution in [3.63, 3.8) is 0 Å². The summed E-state index contributed by atoms with van der Waals surface area (Å²) in [6.07, 6.45) is 1.47. The van der Waals surface area contributed by atoms with Crippen LogP contribution in [0.3, 0.4) is 0 Å². The van der Waals surface area contributed by atoms with Crippen LogP contribution in [0.25, 0.3) is 5.69 Å². The van der Waals surface area contributed by atoms with Crippen molar-refractivity contribution in [1.29, 1.82) is 0 Å². The summed E-state index contributed by atoms with van der Waals surface area (Å²) in [5, 5.41) is 11.0. The SMILES string of the molecule is COc1ccccc1S(=O)(=O)Nc1ccc(-n2cnnn2)c(C)c1. The third kappa shape index (κ3) is 3.06. The number of methoxy groups -OCH3 is 1. The summed E-state index contributed by atoms with van der Waals surface area (Å²) in [6, 6.07) is 11.5. The van der Waals surface area contributed by atoms with E-state index in [9.17, 15) is 8.42 Å². The van der Waals surface area contributed by atoms with Crippen LogP contribution in [0.5, 0.6) is 5.75 Å². The number of nitrogens with zero attached hydrogens (tertiary/aromatic N) is 4. The Labute approximate surface area is 139 Å². The number of aryl methyl sites for hydroxylation is 1. The van der Waals surface area contributed by atoms with Crippen molar-refractivity contribution in [1.82, 2.24) is 20.2 Å². The summed E-state index contributed by atoms with van der Waals surface area (Å²) >= 11 is 0. The van der Waals surface area contributed by atoms with Gasteiger partial charge in [0.2, 0.25) is 0 Å². The monoisotopic (exact) mass is 345 g/mol. The first-order valence-corrected chi connectivity index (χ1v) is 8.49. The normalized spacial score (nSPS) is 11.2. The van der Waals surface area contributed by atoms with Gasteiger partial charge in [-0.25, -0.2) is 13.1 Å². The van der Waals surface area contributed by atoms with Crippen LogP contribution >= 0.6 is 0 Å². The molecule has 0 unspecified atom stereocenters. The Hall–Kier alpha value is -2.94. The minimum Gasteiger partial charge on any atom is -0.495 e. The summed E-state index contributed by atoms with van der Waals surface area (Å²) in [7, 11) is -2.33. The Morgan fingerprint density at radius 3 is 2.62 bits per heavy atom. The highest BCUT2D eigenvalue weighted by Crippen LogP contribution is 2.26. The van der Waals surface area contributed by atoms with Gasteiger partial charge in [-0.05, 0) is 53.2 Å². The van der Waals surface area contributed by atoms with Crippen LogP contribution in [0, 0.1) is 6.92 Å². The lowest BCUT2D eigenvalue weighted by atomic mass is 10.2. The van der Waals surface area contributed by atoms with Gasteiger partial charge in [0.05, 0.1) is 12.8 Å². The van der Waals surface area contributed by atoms with E-state index in [1.165, 1.54) is 24.2 Å². The Kier molecular flexibility index (Phi) is 4.17. The van der Waals surface area contributed by atoms with Gasteiger partial charge in [-0.2, -0.15) is 0 Å². The summed E-state index contributed by atoms with van der Waals surface area (Å²) in [4.78, 5) is 0.0784. The molecule has 1 aromatic heterocycles. The highest BCUT2D eigenvalue weighted by molar-refractivity contribution is 7.92. The first kappa shape index (κ1) is 15.9. The van der Waals surface area contributed by atoms with Crippen LogP contribution in [0.2, 0.25) is 0 Å². The standard InChI is InChI=1S/C15H15N5O3S/c1-11-9-12(7-8-13(11)20-10-16-18-19-20)17-24(21,22)15-6-4-3-5-14(15)23-2/h3-10,17H,1-2H3. The molecule has 8 nitrogen and oxygen atoms in total. The molecular formula is C15H15N5O3S. The predicted octanol–water partition coefficient (Wildman–Crippen LogP) is 1.78. The number of nitrogens with one attached hydrogen (secondary N) is 1. The minimum absolute atomic E-state index is 0.0784. The maximum absolute atomic E-state index is 12.6. The fourth-order valence-corrected chi connectivity index (χ4v) is 3.52. The molecular weight excluding hydrogens is 330 g/mol. The number of ether oxygens (including phenoxy) is 1. The lowest BCUT2D eigenvalue weighted by Crippen LogP contribution is -2.14. The number of sulfonamides is 1. The summed E-state index contributed by atoms with van der Waals surface area (Å²) in [5.41, 5.74) is 2.03. The van der Waals surface area contributed by atoms with E-state index in [-0.39, 0.29) is 10.6 Å². The van der Waals surface area contributed by atoms with E-state index in [1.54, 1.807) is 36.4 Å². The average molecular weight is 345 g/mol. The summed E-state index contributed by atoms with van der Waals surface area (Å²) < 4.78 is 34.3. The third-order valence-corrected chi connectivity index (χ3v) is 4.82. The molecule has 3 rings (SSSR count). The molecule has 24 heavy (non-hydrogen) atoms. The lowest BCUT2D eigenvalue weighted by Gasteiger charge is -2.13. The maximum atomic E-state index is 12.6. The number of tetrazole rings is 1. The molecule has 1 N–H and O–H groups in total. The zero-order chi connectivity index (χ0) is 17.2. The molecule has 0 aliphatic heterocycles. The van der Waals surface area contributed by atoms with Gasteiger partial charge in [0.25, 0.3) is 10.0 Å². The van der Waals surface area contributed by atoms with Gasteiger partial charge in [-0.15, -0.1) is 5.10 Å². The number of hydrogen-bond donors (Lipinski definition) is 1. The van der Waals surface area contributed by atoms with Crippen LogP contribution in [-0.2, 0) is 10.0 Å². The molecule has 3 aromatic rings. The van der Waals surface area contributed by atoms with Crippen molar-refractivity contribution in [2.45, 2.75) is 11.8 Å². The summed E-state index contributed by atoms with van der Waals surface area (Å²) in [6.45, 7) is 1.85. The van der Waals surface area contributed by atoms with Gasteiger partial charge in [-0.3, -0.25) is 4.72 Å². The van der Waals surface area contributed by atoms with E-state index in [2.05, 4.69) is 20.2 Å². The largest absolute Gasteiger partial charge is 0.495 e. The van der Waals surface area contributed by atoms with E-state index in [1.807, 2.05) is 6.92 Å². The van der Waals surface area contributed by atoms with Crippen LogP contribution in [0.1, 0.15) is 5.56 Å². The van der Waals surface area contributed by atoms with Crippen molar-refractivity contribution in [2.75, 3.05) is 11.8 Å². The van der Waals surface area contributed by atoms with Gasteiger partial charge in [-0.1, -0.05) is 12.1 Å². The highest BCUT2D eigenvalue weighted by Gasteiger charge is 2.19. The van der Waals surface area contributed by atoms with Crippen LogP contribution < -0.4 is 9.46 Å². The fourth-order valence-electron chi connectivity index (χ4n) is 2.30. The molecule has 1 heterocycles. The third-order valence-electron chi connectivity index (χ3n) is 3.40. The van der Waals surface area contributed by atoms with Gasteiger partial charge in [0.15, 0.2) is 0 Å². The molecule has 0 aliphatic rings. The molecule has 0 radical (unpaired) electrons. The molecule has 0 amide bonds. The van der Waals surface area contributed by atoms with E-state index in [4.69, 9.17) is 4.74 Å². The number of hydrogen-bond acceptors (Lipinski definition) is 6. The van der Waals surface area contributed by atoms with Crippen LogP contribution in [-0.4, -0.2) is 35.7 Å². The molecule has 0 saturated heterocycles. The first-order valence-electron chi connectivity index (χ1n) is 7.01. The van der Waals surface area contributed by atoms with Crippen molar-refractivity contribution < 1.29 is 13.2 Å². The van der Waals surface area contributed by atoms with Crippen LogP contribution in [0.15, 0.2) is 53.7 Å². The Morgan fingerprint density at radius 1 is 1.17 bits per heavy atom. The average Bonchev–Trinajstić information content (AvgIpc) is 3.08. The molecule has 9 heteroatoms. The molecule has 0 spiro atoms. The van der Waals surface area contributed by atoms with Crippen molar-refractivity contribution >= 4 is 15.7 Å². The number of benzene rings is 2. The zero-order valence-corrected chi connectivity index (χ0v) is 13.9. The van der Waals surface area contributed by atoms with Crippen molar-refractivity contribution in [3.8, 4) is 11.4 Å². The van der Waals surface area contributed by atoms with E-state index >= 15 is 0 Å². The number of aromatic nitrogens is 4. The van der Waals surface area contributed by atoms with Crippen molar-refractivity contribution in [3.05, 3.63) is 54.4 Å². The number of anilines is 1. The van der Waals surface area contributed by atoms with Crippen LogP contribution in [0.4, 0.5) is 5.69 Å². The quantitative estimate of drug-likeness (QED) is 0.757. The lowest BCUT2D eigenvalue weighted by molar-refractivity contribution is 0.403. The minimum atomic E-state index is -3.76. The molecule has 124 valence electrons. The van der Waals surface area contributed by atoms with Gasteiger partial charge < -0.3 is 4.74 Å². The Bertz CT molecular complexity index is 955. The molecule has 0 aliphatic carbocycles. The molecule has 0 fully saturated rings. The smallest absolute Gasteiger partial charge is 0.265 e. The number of rotatable bonds is 5. The highest BCUT2D eigenvalue weighted by atomic mass is 32.2. The maximum Gasteiger partial charge on any atom is 0.265 e. The number of para-hydroxylation sites is 1. The second-order valence-electron chi connectivity index (χ2n) is 5.01. The fraction of sp³-hybridized carbons (Fsp3) is 0.133. The summed E-state index contributed by atoms with van der Waals surface area (Å²) in [5.74, 6) is 0.284. The molecule has 0 atom stereocenters. The van der Waals surface area contributed by atoms with Gasteiger partial charge >= 0.3 is 0 Å². The van der Waals surface area contributed by atoms with Gasteiger partial charge in [0.1, 0.15) is 17.0 Å². The second-order valence-corrected chi connectivity index (χ2v) is 6.66. The first-order chi connectivity index (χ1) is 11.5.